The molecule has 2 aromatic rings. The fraction of sp³-hybridized carbons (Fsp3) is 0.357. The van der Waals surface area contributed by atoms with Crippen molar-refractivity contribution < 1.29 is 0 Å². The van der Waals surface area contributed by atoms with Crippen LogP contribution in [-0.2, 0) is 13.0 Å². The number of imidazole rings is 1. The summed E-state index contributed by atoms with van der Waals surface area (Å²) >= 11 is 6.30. The minimum atomic E-state index is 0.771. The summed E-state index contributed by atoms with van der Waals surface area (Å²) in [6.07, 6.45) is 4.72. The normalized spacial score (nSPS) is 10.8. The lowest BCUT2D eigenvalue weighted by Gasteiger charge is -2.14. The van der Waals surface area contributed by atoms with Gasteiger partial charge in [0, 0.05) is 35.9 Å². The second-order valence-electron chi connectivity index (χ2n) is 4.08. The van der Waals surface area contributed by atoms with Crippen molar-refractivity contribution in [2.45, 2.75) is 26.8 Å². The first-order valence-corrected chi connectivity index (χ1v) is 6.66. The van der Waals surface area contributed by atoms with Gasteiger partial charge in [-0.1, -0.05) is 31.5 Å². The van der Waals surface area contributed by atoms with Crippen molar-refractivity contribution in [2.75, 3.05) is 6.54 Å². The first-order valence-electron chi connectivity index (χ1n) is 6.28. The van der Waals surface area contributed by atoms with E-state index in [9.17, 15) is 0 Å². The lowest BCUT2D eigenvalue weighted by Crippen LogP contribution is -2.15. The number of benzene rings is 1. The van der Waals surface area contributed by atoms with Gasteiger partial charge in [-0.15, -0.1) is 0 Å². The van der Waals surface area contributed by atoms with Gasteiger partial charge in [0.15, 0.2) is 0 Å². The van der Waals surface area contributed by atoms with Gasteiger partial charge in [-0.25, -0.2) is 4.98 Å². The van der Waals surface area contributed by atoms with Gasteiger partial charge in [-0.05, 0) is 18.7 Å². The maximum Gasteiger partial charge on any atom is 0.112 e. The van der Waals surface area contributed by atoms with Crippen LogP contribution >= 0.6 is 11.6 Å². The second kappa shape index (κ2) is 6.03. The van der Waals surface area contributed by atoms with E-state index in [0.29, 0.717) is 0 Å². The molecular weight excluding hydrogens is 246 g/mol. The molecule has 0 bridgehead atoms. The topological polar surface area (TPSA) is 29.9 Å². The van der Waals surface area contributed by atoms with Crippen molar-refractivity contribution in [3.05, 3.63) is 47.0 Å². The highest BCUT2D eigenvalue weighted by Gasteiger charge is 2.10. The van der Waals surface area contributed by atoms with Crippen LogP contribution in [0.3, 0.4) is 0 Å². The van der Waals surface area contributed by atoms with Gasteiger partial charge in [0.05, 0.1) is 5.69 Å². The van der Waals surface area contributed by atoms with Crippen LogP contribution in [0.25, 0.3) is 5.69 Å². The summed E-state index contributed by atoms with van der Waals surface area (Å²) in [5.74, 6) is 1.05. The van der Waals surface area contributed by atoms with Crippen molar-refractivity contribution >= 4 is 11.6 Å². The zero-order valence-electron chi connectivity index (χ0n) is 10.8. The summed E-state index contributed by atoms with van der Waals surface area (Å²) in [6.45, 7) is 5.89. The van der Waals surface area contributed by atoms with Crippen molar-refractivity contribution in [3.63, 3.8) is 0 Å². The number of hydrogen-bond donors (Lipinski definition) is 1. The predicted octanol–water partition coefficient (Wildman–Crippen LogP) is 3.20. The molecule has 0 aliphatic carbocycles. The summed E-state index contributed by atoms with van der Waals surface area (Å²) < 4.78 is 2.11. The Morgan fingerprint density at radius 1 is 1.33 bits per heavy atom. The molecule has 1 aromatic carbocycles. The molecule has 0 saturated carbocycles. The third kappa shape index (κ3) is 2.57. The van der Waals surface area contributed by atoms with E-state index in [1.807, 2.05) is 24.5 Å². The van der Waals surface area contributed by atoms with Crippen LogP contribution < -0.4 is 5.32 Å². The fourth-order valence-electron chi connectivity index (χ4n) is 2.01. The van der Waals surface area contributed by atoms with Crippen LogP contribution in [0, 0.1) is 0 Å². The van der Waals surface area contributed by atoms with Gasteiger partial charge in [-0.3, -0.25) is 0 Å². The van der Waals surface area contributed by atoms with Gasteiger partial charge in [0.25, 0.3) is 0 Å². The van der Waals surface area contributed by atoms with Gasteiger partial charge in [-0.2, -0.15) is 0 Å². The minimum absolute atomic E-state index is 0.771. The first kappa shape index (κ1) is 13.1. The third-order valence-corrected chi connectivity index (χ3v) is 3.29. The van der Waals surface area contributed by atoms with E-state index in [1.165, 1.54) is 0 Å². The number of aromatic nitrogens is 2. The lowest BCUT2D eigenvalue weighted by atomic mass is 10.1. The molecule has 1 aromatic heterocycles. The Kier molecular flexibility index (Phi) is 4.39. The molecule has 0 unspecified atom stereocenters. The van der Waals surface area contributed by atoms with E-state index in [1.54, 1.807) is 0 Å². The molecule has 2 rings (SSSR count). The molecule has 0 atom stereocenters. The van der Waals surface area contributed by atoms with Gasteiger partial charge >= 0.3 is 0 Å². The highest BCUT2D eigenvalue weighted by molar-refractivity contribution is 6.31. The van der Waals surface area contributed by atoms with E-state index >= 15 is 0 Å². The highest BCUT2D eigenvalue weighted by atomic mass is 35.5. The molecule has 0 amide bonds. The molecule has 0 fully saturated rings. The molecular formula is C14H18ClN3. The largest absolute Gasteiger partial charge is 0.313 e. The van der Waals surface area contributed by atoms with Crippen LogP contribution in [0.1, 0.15) is 25.2 Å². The second-order valence-corrected chi connectivity index (χ2v) is 4.49. The lowest BCUT2D eigenvalue weighted by molar-refractivity contribution is 0.720. The summed E-state index contributed by atoms with van der Waals surface area (Å²) in [7, 11) is 0. The molecule has 0 radical (unpaired) electrons. The van der Waals surface area contributed by atoms with Gasteiger partial charge < -0.3 is 9.88 Å². The van der Waals surface area contributed by atoms with E-state index in [-0.39, 0.29) is 0 Å². The third-order valence-electron chi connectivity index (χ3n) is 2.94. The number of halogens is 1. The SMILES string of the molecule is CCNCc1c(Cl)cccc1-n1ccnc1CC. The van der Waals surface area contributed by atoms with Crippen molar-refractivity contribution in [3.8, 4) is 5.69 Å². The van der Waals surface area contributed by atoms with Crippen molar-refractivity contribution in [1.29, 1.82) is 0 Å². The quantitative estimate of drug-likeness (QED) is 0.898. The minimum Gasteiger partial charge on any atom is -0.313 e. The first-order chi connectivity index (χ1) is 8.77. The summed E-state index contributed by atoms with van der Waals surface area (Å²) in [5.41, 5.74) is 2.23. The van der Waals surface area contributed by atoms with Crippen LogP contribution in [-0.4, -0.2) is 16.1 Å². The van der Waals surface area contributed by atoms with E-state index in [0.717, 1.165) is 41.6 Å². The van der Waals surface area contributed by atoms with Gasteiger partial charge in [0.2, 0.25) is 0 Å². The molecule has 3 nitrogen and oxygen atoms in total. The fourth-order valence-corrected chi connectivity index (χ4v) is 2.25. The Bertz CT molecular complexity index is 520. The molecule has 0 aliphatic heterocycles. The maximum absolute atomic E-state index is 6.30. The molecule has 18 heavy (non-hydrogen) atoms. The standard InChI is InChI=1S/C14H18ClN3/c1-3-14-17-8-9-18(14)13-7-5-6-12(15)11(13)10-16-4-2/h5-9,16H,3-4,10H2,1-2H3. The number of aryl methyl sites for hydroxylation is 1. The summed E-state index contributed by atoms with van der Waals surface area (Å²) in [4.78, 5) is 4.36. The van der Waals surface area contributed by atoms with E-state index in [4.69, 9.17) is 11.6 Å². The average molecular weight is 264 g/mol. The number of hydrogen-bond acceptors (Lipinski definition) is 2. The molecule has 1 heterocycles. The predicted molar refractivity (Wildman–Crippen MR) is 75.3 cm³/mol. The molecule has 0 saturated heterocycles. The number of nitrogens with zero attached hydrogens (tertiary/aromatic N) is 2. The molecule has 0 aliphatic rings. The van der Waals surface area contributed by atoms with Crippen molar-refractivity contribution in [1.82, 2.24) is 14.9 Å². The van der Waals surface area contributed by atoms with E-state index in [2.05, 4.69) is 34.8 Å². The summed E-state index contributed by atoms with van der Waals surface area (Å²) in [5, 5.41) is 4.12. The zero-order chi connectivity index (χ0) is 13.0. The van der Waals surface area contributed by atoms with Gasteiger partial charge in [0.1, 0.15) is 5.82 Å². The van der Waals surface area contributed by atoms with Crippen LogP contribution in [0.5, 0.6) is 0 Å². The molecule has 0 spiro atoms. The average Bonchev–Trinajstić information content (AvgIpc) is 2.85. The number of rotatable bonds is 5. The van der Waals surface area contributed by atoms with Crippen molar-refractivity contribution in [2.24, 2.45) is 0 Å². The monoisotopic (exact) mass is 263 g/mol. The Morgan fingerprint density at radius 2 is 2.17 bits per heavy atom. The molecule has 4 heteroatoms. The van der Waals surface area contributed by atoms with E-state index < -0.39 is 0 Å². The maximum atomic E-state index is 6.30. The Hall–Kier alpha value is -1.32. The van der Waals surface area contributed by atoms with Crippen LogP contribution in [0.4, 0.5) is 0 Å². The smallest absolute Gasteiger partial charge is 0.112 e. The van der Waals surface area contributed by atoms with Crippen LogP contribution in [0.2, 0.25) is 5.02 Å². The Labute approximate surface area is 113 Å². The Morgan fingerprint density at radius 3 is 2.89 bits per heavy atom. The zero-order valence-corrected chi connectivity index (χ0v) is 11.5. The molecule has 96 valence electrons. The Balaban J connectivity index is 2.46. The molecule has 1 N–H and O–H groups in total. The number of nitrogens with one attached hydrogen (secondary N) is 1. The highest BCUT2D eigenvalue weighted by Crippen LogP contribution is 2.24. The van der Waals surface area contributed by atoms with Crippen LogP contribution in [0.15, 0.2) is 30.6 Å². The summed E-state index contributed by atoms with van der Waals surface area (Å²) in [6, 6.07) is 5.99.